The lowest BCUT2D eigenvalue weighted by atomic mass is 10.1. The van der Waals surface area contributed by atoms with Crippen molar-refractivity contribution in [3.05, 3.63) is 58.6 Å². The van der Waals surface area contributed by atoms with Gasteiger partial charge in [0.15, 0.2) is 0 Å². The van der Waals surface area contributed by atoms with E-state index in [1.54, 1.807) is 42.5 Å². The lowest BCUT2D eigenvalue weighted by Gasteiger charge is -2.09. The highest BCUT2D eigenvalue weighted by atomic mass is 35.5. The van der Waals surface area contributed by atoms with E-state index in [0.717, 1.165) is 19.3 Å². The molecule has 0 fully saturated rings. The minimum absolute atomic E-state index is 0.194. The highest BCUT2D eigenvalue weighted by Gasteiger charge is 2.11. The predicted molar refractivity (Wildman–Crippen MR) is 114 cm³/mol. The van der Waals surface area contributed by atoms with Crippen LogP contribution in [-0.2, 0) is 0 Å². The minimum atomic E-state index is -0.658. The number of nitrogens with two attached hydrogens (primary N) is 2. The fraction of sp³-hybridized carbons (Fsp3) is 0.250. The van der Waals surface area contributed by atoms with Crippen LogP contribution in [0.15, 0.2) is 42.5 Å². The van der Waals surface area contributed by atoms with Crippen molar-refractivity contribution < 1.29 is 14.4 Å². The largest absolute Gasteiger partial charge is 0.397 e. The molecule has 0 bridgehead atoms. The fourth-order valence-electron chi connectivity index (χ4n) is 2.61. The van der Waals surface area contributed by atoms with Crippen LogP contribution >= 0.6 is 11.6 Å². The normalized spacial score (nSPS) is 10.2. The molecule has 154 valence electrons. The number of rotatable bonds is 9. The first kappa shape index (κ1) is 22.0. The average molecular weight is 418 g/mol. The first-order chi connectivity index (χ1) is 13.9. The molecule has 0 heterocycles. The first-order valence-corrected chi connectivity index (χ1v) is 9.53. The summed E-state index contributed by atoms with van der Waals surface area (Å²) < 4.78 is 0. The van der Waals surface area contributed by atoms with E-state index in [4.69, 9.17) is 23.1 Å². The highest BCUT2D eigenvalue weighted by Crippen LogP contribution is 2.22. The number of hydrogen-bond acceptors (Lipinski definition) is 4. The summed E-state index contributed by atoms with van der Waals surface area (Å²) >= 11 is 5.91. The molecular formula is C20H24ClN5O3. The number of hydrogen-bond donors (Lipinski definition) is 5. The summed E-state index contributed by atoms with van der Waals surface area (Å²) in [6.07, 6.45) is 2.39. The van der Waals surface area contributed by atoms with Crippen LogP contribution in [0.2, 0.25) is 5.02 Å². The van der Waals surface area contributed by atoms with Crippen molar-refractivity contribution in [3.63, 3.8) is 0 Å². The Morgan fingerprint density at radius 1 is 0.862 bits per heavy atom. The molecule has 0 aromatic heterocycles. The van der Waals surface area contributed by atoms with Gasteiger partial charge in [0.1, 0.15) is 0 Å². The van der Waals surface area contributed by atoms with E-state index in [0.29, 0.717) is 34.9 Å². The maximum atomic E-state index is 12.1. The molecule has 8 nitrogen and oxygen atoms in total. The Kier molecular flexibility index (Phi) is 8.29. The van der Waals surface area contributed by atoms with Crippen molar-refractivity contribution >= 4 is 40.8 Å². The molecular weight excluding hydrogens is 394 g/mol. The van der Waals surface area contributed by atoms with Gasteiger partial charge in [-0.3, -0.25) is 9.59 Å². The molecule has 2 aromatic rings. The second kappa shape index (κ2) is 10.9. The summed E-state index contributed by atoms with van der Waals surface area (Å²) in [7, 11) is 0. The van der Waals surface area contributed by atoms with Gasteiger partial charge < -0.3 is 27.4 Å². The van der Waals surface area contributed by atoms with Crippen LogP contribution in [0.4, 0.5) is 16.2 Å². The van der Waals surface area contributed by atoms with E-state index >= 15 is 0 Å². The summed E-state index contributed by atoms with van der Waals surface area (Å²) in [5.41, 5.74) is 12.5. The van der Waals surface area contributed by atoms with Crippen LogP contribution in [-0.4, -0.2) is 30.9 Å². The predicted octanol–water partition coefficient (Wildman–Crippen LogP) is 2.74. The number of para-hydroxylation sites is 1. The molecule has 0 spiro atoms. The van der Waals surface area contributed by atoms with Crippen LogP contribution < -0.4 is 27.4 Å². The summed E-state index contributed by atoms with van der Waals surface area (Å²) in [6.45, 7) is 1.03. The van der Waals surface area contributed by atoms with Crippen molar-refractivity contribution in [2.45, 2.75) is 19.3 Å². The van der Waals surface area contributed by atoms with Crippen molar-refractivity contribution in [2.75, 3.05) is 24.1 Å². The van der Waals surface area contributed by atoms with Gasteiger partial charge in [-0.1, -0.05) is 17.7 Å². The summed E-state index contributed by atoms with van der Waals surface area (Å²) in [6, 6.07) is 10.7. The second-order valence-corrected chi connectivity index (χ2v) is 6.75. The molecule has 9 heteroatoms. The number of halogens is 1. The lowest BCUT2D eigenvalue weighted by molar-refractivity contribution is 0.0948. The summed E-state index contributed by atoms with van der Waals surface area (Å²) in [5.74, 6) is -0.451. The van der Waals surface area contributed by atoms with Crippen molar-refractivity contribution in [1.82, 2.24) is 10.6 Å². The van der Waals surface area contributed by atoms with Gasteiger partial charge in [-0.2, -0.15) is 0 Å². The molecule has 0 aliphatic carbocycles. The van der Waals surface area contributed by atoms with Gasteiger partial charge in [0.2, 0.25) is 0 Å². The van der Waals surface area contributed by atoms with Gasteiger partial charge >= 0.3 is 6.03 Å². The molecule has 29 heavy (non-hydrogen) atoms. The Hall–Kier alpha value is -3.26. The standard InChI is InChI=1S/C20H24ClN5O3/c21-16-6-4-5-15(17(16)22)19(28)25-12-3-1-2-11-24-18(27)13-7-9-14(10-8-13)26-20(23)29/h4-10H,1-3,11-12,22H2,(H,24,27)(H,25,28)(H3,23,26,29). The molecule has 0 radical (unpaired) electrons. The lowest BCUT2D eigenvalue weighted by Crippen LogP contribution is -2.26. The third-order valence-electron chi connectivity index (χ3n) is 4.14. The smallest absolute Gasteiger partial charge is 0.316 e. The van der Waals surface area contributed by atoms with Crippen LogP contribution in [0.5, 0.6) is 0 Å². The van der Waals surface area contributed by atoms with Crippen LogP contribution in [0, 0.1) is 0 Å². The number of anilines is 2. The number of unbranched alkanes of at least 4 members (excludes halogenated alkanes) is 2. The van der Waals surface area contributed by atoms with E-state index in [1.165, 1.54) is 0 Å². The van der Waals surface area contributed by atoms with Gasteiger partial charge in [-0.15, -0.1) is 0 Å². The van der Waals surface area contributed by atoms with Crippen LogP contribution in [0.1, 0.15) is 40.0 Å². The topological polar surface area (TPSA) is 139 Å². The van der Waals surface area contributed by atoms with Gasteiger partial charge in [-0.05, 0) is 55.7 Å². The quantitative estimate of drug-likeness (QED) is 0.316. The Morgan fingerprint density at radius 2 is 1.48 bits per heavy atom. The molecule has 0 saturated carbocycles. The molecule has 0 aliphatic rings. The minimum Gasteiger partial charge on any atom is -0.397 e. The second-order valence-electron chi connectivity index (χ2n) is 6.34. The number of carbonyl (C=O) groups excluding carboxylic acids is 3. The molecule has 4 amide bonds. The number of nitrogens with one attached hydrogen (secondary N) is 3. The maximum Gasteiger partial charge on any atom is 0.316 e. The summed E-state index contributed by atoms with van der Waals surface area (Å²) in [4.78, 5) is 34.9. The number of carbonyl (C=O) groups is 3. The molecule has 0 atom stereocenters. The monoisotopic (exact) mass is 417 g/mol. The number of benzene rings is 2. The molecule has 0 unspecified atom stereocenters. The van der Waals surface area contributed by atoms with Gasteiger partial charge in [0.25, 0.3) is 11.8 Å². The molecule has 2 aromatic carbocycles. The van der Waals surface area contributed by atoms with Crippen LogP contribution in [0.3, 0.4) is 0 Å². The molecule has 2 rings (SSSR count). The Morgan fingerprint density at radius 3 is 2.10 bits per heavy atom. The zero-order valence-corrected chi connectivity index (χ0v) is 16.6. The van der Waals surface area contributed by atoms with Crippen molar-refractivity contribution in [3.8, 4) is 0 Å². The third-order valence-corrected chi connectivity index (χ3v) is 4.47. The Bertz CT molecular complexity index is 871. The maximum absolute atomic E-state index is 12.1. The molecule has 0 saturated heterocycles. The zero-order chi connectivity index (χ0) is 21.2. The number of primary amides is 1. The number of nitrogen functional groups attached to an aromatic ring is 1. The zero-order valence-electron chi connectivity index (χ0n) is 15.8. The van der Waals surface area contributed by atoms with Crippen molar-refractivity contribution in [2.24, 2.45) is 5.73 Å². The van der Waals surface area contributed by atoms with Gasteiger partial charge in [0, 0.05) is 24.3 Å². The van der Waals surface area contributed by atoms with E-state index in [9.17, 15) is 14.4 Å². The fourth-order valence-corrected chi connectivity index (χ4v) is 2.78. The summed E-state index contributed by atoms with van der Waals surface area (Å²) in [5, 5.41) is 8.42. The van der Waals surface area contributed by atoms with E-state index < -0.39 is 6.03 Å². The number of urea groups is 1. The third kappa shape index (κ3) is 7.00. The molecule has 0 aliphatic heterocycles. The van der Waals surface area contributed by atoms with Crippen LogP contribution in [0.25, 0.3) is 0 Å². The Labute approximate surface area is 174 Å². The Balaban J connectivity index is 1.62. The van der Waals surface area contributed by atoms with E-state index in [1.807, 2.05) is 0 Å². The SMILES string of the molecule is NC(=O)Nc1ccc(C(=O)NCCCCCNC(=O)c2cccc(Cl)c2N)cc1. The van der Waals surface area contributed by atoms with Gasteiger partial charge in [-0.25, -0.2) is 4.79 Å². The number of amides is 4. The van der Waals surface area contributed by atoms with Gasteiger partial charge in [0.05, 0.1) is 16.3 Å². The van der Waals surface area contributed by atoms with E-state index in [2.05, 4.69) is 16.0 Å². The first-order valence-electron chi connectivity index (χ1n) is 9.15. The average Bonchev–Trinajstić information content (AvgIpc) is 2.69. The molecule has 7 N–H and O–H groups in total. The highest BCUT2D eigenvalue weighted by molar-refractivity contribution is 6.33. The van der Waals surface area contributed by atoms with Crippen molar-refractivity contribution in [1.29, 1.82) is 0 Å². The van der Waals surface area contributed by atoms with E-state index in [-0.39, 0.29) is 17.5 Å².